The quantitative estimate of drug-likeness (QED) is 0.724. The van der Waals surface area contributed by atoms with Gasteiger partial charge in [0.15, 0.2) is 0 Å². The van der Waals surface area contributed by atoms with Gasteiger partial charge in [0, 0.05) is 24.5 Å². The molecule has 1 aromatic carbocycles. The lowest BCUT2D eigenvalue weighted by Crippen LogP contribution is -2.39. The van der Waals surface area contributed by atoms with E-state index in [-0.39, 0.29) is 34.4 Å². The molecule has 1 heterocycles. The number of nitrogens with zero attached hydrogens (tertiary/aromatic N) is 3. The number of rotatable bonds is 7. The molecule has 1 aliphatic carbocycles. The predicted molar refractivity (Wildman–Crippen MR) is 103 cm³/mol. The number of methoxy groups -OCH3 is 2. The Morgan fingerprint density at radius 3 is 2.48 bits per heavy atom. The second-order valence-electron chi connectivity index (χ2n) is 6.55. The molecule has 0 radical (unpaired) electrons. The van der Waals surface area contributed by atoms with E-state index in [0.717, 1.165) is 0 Å². The molecule has 0 saturated heterocycles. The van der Waals surface area contributed by atoms with Crippen LogP contribution in [0.25, 0.3) is 0 Å². The van der Waals surface area contributed by atoms with Gasteiger partial charge in [0.25, 0.3) is 5.88 Å². The van der Waals surface area contributed by atoms with Gasteiger partial charge in [0.1, 0.15) is 28.6 Å². The zero-order valence-electron chi connectivity index (χ0n) is 16.2. The first-order valence-corrected chi connectivity index (χ1v) is 10.6. The van der Waals surface area contributed by atoms with Gasteiger partial charge in [-0.15, -0.1) is 0 Å². The molecule has 0 bridgehead atoms. The van der Waals surface area contributed by atoms with Gasteiger partial charge in [-0.1, -0.05) is 0 Å². The lowest BCUT2D eigenvalue weighted by Gasteiger charge is -2.29. The zero-order valence-corrected chi connectivity index (χ0v) is 17.0. The van der Waals surface area contributed by atoms with Crippen molar-refractivity contribution >= 4 is 10.0 Å². The van der Waals surface area contributed by atoms with Gasteiger partial charge in [-0.05, 0) is 37.8 Å². The molecule has 0 amide bonds. The number of sulfonamides is 1. The number of hydrogen-bond acceptors (Lipinski definition) is 8. The van der Waals surface area contributed by atoms with E-state index < -0.39 is 10.0 Å². The lowest BCUT2D eigenvalue weighted by molar-refractivity contribution is 0.137. The molecule has 154 valence electrons. The van der Waals surface area contributed by atoms with E-state index in [2.05, 4.69) is 14.7 Å². The van der Waals surface area contributed by atoms with Crippen molar-refractivity contribution in [2.75, 3.05) is 14.2 Å². The van der Waals surface area contributed by atoms with Gasteiger partial charge in [-0.2, -0.15) is 5.26 Å². The minimum atomic E-state index is -3.78. The predicted octanol–water partition coefficient (Wildman–Crippen LogP) is 2.03. The van der Waals surface area contributed by atoms with E-state index in [9.17, 15) is 8.42 Å². The first kappa shape index (κ1) is 20.8. The van der Waals surface area contributed by atoms with E-state index in [0.29, 0.717) is 31.4 Å². The van der Waals surface area contributed by atoms with Crippen LogP contribution in [0.15, 0.2) is 35.5 Å². The van der Waals surface area contributed by atoms with Crippen molar-refractivity contribution in [3.05, 3.63) is 36.3 Å². The molecule has 0 spiro atoms. The Morgan fingerprint density at radius 2 is 1.83 bits per heavy atom. The fourth-order valence-corrected chi connectivity index (χ4v) is 4.71. The molecule has 1 aliphatic rings. The van der Waals surface area contributed by atoms with Gasteiger partial charge < -0.3 is 14.2 Å². The number of benzene rings is 1. The van der Waals surface area contributed by atoms with Crippen LogP contribution in [-0.4, -0.2) is 44.8 Å². The topological polar surface area (TPSA) is 123 Å². The molecule has 9 nitrogen and oxygen atoms in total. The molecule has 1 N–H and O–H groups in total. The molecule has 1 fully saturated rings. The normalized spacial score (nSPS) is 19.2. The van der Waals surface area contributed by atoms with E-state index in [1.165, 1.54) is 32.7 Å². The highest BCUT2D eigenvalue weighted by molar-refractivity contribution is 7.89. The Labute approximate surface area is 169 Å². The summed E-state index contributed by atoms with van der Waals surface area (Å²) in [5.41, 5.74) is 0.139. The van der Waals surface area contributed by atoms with Crippen LogP contribution in [0.3, 0.4) is 0 Å². The van der Waals surface area contributed by atoms with Crippen molar-refractivity contribution in [3.8, 4) is 23.4 Å². The standard InChI is InChI=1S/C19H22N4O5S/c1-26-15-7-8-17(27-2)18(11-15)29(24,25)23-13-3-5-14(6-4-13)28-19-16(12-20)21-9-10-22-19/h7-11,13-14,23H,3-6H2,1-2H3. The SMILES string of the molecule is COc1ccc(OC)c(S(=O)(=O)NC2CCC(Oc3nccnc3C#N)CC2)c1. The fraction of sp³-hybridized carbons (Fsp3) is 0.421. The molecule has 2 aromatic rings. The van der Waals surface area contributed by atoms with Crippen LogP contribution < -0.4 is 18.9 Å². The van der Waals surface area contributed by atoms with Crippen molar-refractivity contribution in [1.29, 1.82) is 5.26 Å². The summed E-state index contributed by atoms with van der Waals surface area (Å²) in [6.45, 7) is 0. The Kier molecular flexibility index (Phi) is 6.51. The molecule has 10 heteroatoms. The van der Waals surface area contributed by atoms with Gasteiger partial charge >= 0.3 is 0 Å². The summed E-state index contributed by atoms with van der Waals surface area (Å²) in [7, 11) is -0.888. The average Bonchev–Trinajstić information content (AvgIpc) is 2.74. The summed E-state index contributed by atoms with van der Waals surface area (Å²) in [6.07, 6.45) is 5.21. The van der Waals surface area contributed by atoms with Gasteiger partial charge in [-0.25, -0.2) is 23.1 Å². The van der Waals surface area contributed by atoms with Crippen molar-refractivity contribution < 1.29 is 22.6 Å². The summed E-state index contributed by atoms with van der Waals surface area (Å²) in [5.74, 6) is 0.891. The monoisotopic (exact) mass is 418 g/mol. The Morgan fingerprint density at radius 1 is 1.10 bits per heavy atom. The maximum atomic E-state index is 12.9. The number of nitrogens with one attached hydrogen (secondary N) is 1. The number of aromatic nitrogens is 2. The lowest BCUT2D eigenvalue weighted by atomic mass is 9.94. The third-order valence-corrected chi connectivity index (χ3v) is 6.25. The van der Waals surface area contributed by atoms with Crippen LogP contribution in [0.1, 0.15) is 31.4 Å². The average molecular weight is 418 g/mol. The molecule has 0 atom stereocenters. The summed E-state index contributed by atoms with van der Waals surface area (Å²) >= 11 is 0. The highest BCUT2D eigenvalue weighted by atomic mass is 32.2. The van der Waals surface area contributed by atoms with Crippen LogP contribution in [0, 0.1) is 11.3 Å². The third kappa shape index (κ3) is 4.93. The van der Waals surface area contributed by atoms with Crippen LogP contribution in [0.4, 0.5) is 0 Å². The fourth-order valence-electron chi connectivity index (χ4n) is 3.22. The maximum absolute atomic E-state index is 12.9. The summed E-state index contributed by atoms with van der Waals surface area (Å²) in [5, 5.41) is 9.08. The van der Waals surface area contributed by atoms with E-state index in [1.54, 1.807) is 12.1 Å². The number of nitriles is 1. The van der Waals surface area contributed by atoms with Crippen molar-refractivity contribution in [2.24, 2.45) is 0 Å². The minimum Gasteiger partial charge on any atom is -0.497 e. The van der Waals surface area contributed by atoms with Gasteiger partial charge in [0.05, 0.1) is 14.2 Å². The Bertz CT molecular complexity index is 998. The molecular weight excluding hydrogens is 396 g/mol. The van der Waals surface area contributed by atoms with Crippen molar-refractivity contribution in [2.45, 2.75) is 42.7 Å². The summed E-state index contributed by atoms with van der Waals surface area (Å²) in [4.78, 5) is 8.02. The van der Waals surface area contributed by atoms with Crippen LogP contribution in [0.2, 0.25) is 0 Å². The van der Waals surface area contributed by atoms with Gasteiger partial charge in [-0.3, -0.25) is 0 Å². The Hall–Kier alpha value is -2.90. The summed E-state index contributed by atoms with van der Waals surface area (Å²) < 4.78 is 44.6. The van der Waals surface area contributed by atoms with E-state index in [4.69, 9.17) is 19.5 Å². The van der Waals surface area contributed by atoms with Crippen LogP contribution >= 0.6 is 0 Å². The molecule has 29 heavy (non-hydrogen) atoms. The number of hydrogen-bond donors (Lipinski definition) is 1. The van der Waals surface area contributed by atoms with E-state index >= 15 is 0 Å². The highest BCUT2D eigenvalue weighted by Gasteiger charge is 2.29. The molecule has 1 aromatic heterocycles. The Balaban J connectivity index is 1.64. The van der Waals surface area contributed by atoms with Crippen LogP contribution in [-0.2, 0) is 10.0 Å². The third-order valence-electron chi connectivity index (χ3n) is 4.71. The maximum Gasteiger partial charge on any atom is 0.251 e. The molecular formula is C19H22N4O5S. The van der Waals surface area contributed by atoms with Crippen molar-refractivity contribution in [3.63, 3.8) is 0 Å². The molecule has 0 aliphatic heterocycles. The number of ether oxygens (including phenoxy) is 3. The first-order valence-electron chi connectivity index (χ1n) is 9.09. The molecule has 1 saturated carbocycles. The second-order valence-corrected chi connectivity index (χ2v) is 8.23. The molecule has 0 unspecified atom stereocenters. The van der Waals surface area contributed by atoms with Crippen LogP contribution in [0.5, 0.6) is 17.4 Å². The molecule has 3 rings (SSSR count). The smallest absolute Gasteiger partial charge is 0.251 e. The highest BCUT2D eigenvalue weighted by Crippen LogP contribution is 2.30. The minimum absolute atomic E-state index is 0.0379. The van der Waals surface area contributed by atoms with Gasteiger partial charge in [0.2, 0.25) is 15.7 Å². The zero-order chi connectivity index (χ0) is 20.9. The summed E-state index contributed by atoms with van der Waals surface area (Å²) in [6, 6.07) is 6.36. The van der Waals surface area contributed by atoms with E-state index in [1.807, 2.05) is 6.07 Å². The van der Waals surface area contributed by atoms with Crippen molar-refractivity contribution in [1.82, 2.24) is 14.7 Å². The first-order chi connectivity index (χ1) is 14.0. The second kappa shape index (κ2) is 9.07. The largest absolute Gasteiger partial charge is 0.497 e.